The summed E-state index contributed by atoms with van der Waals surface area (Å²) in [5, 5.41) is 23.7. The van der Waals surface area contributed by atoms with Crippen LogP contribution >= 0.6 is 0 Å². The highest BCUT2D eigenvalue weighted by molar-refractivity contribution is 5.25. The molecule has 1 aromatic carbocycles. The van der Waals surface area contributed by atoms with E-state index in [0.29, 0.717) is 26.3 Å². The Labute approximate surface area is 136 Å². The molecule has 0 spiro atoms. The Bertz CT molecular complexity index is 510. The van der Waals surface area contributed by atoms with Gasteiger partial charge >= 0.3 is 0 Å². The first-order valence-electron chi connectivity index (χ1n) is 8.17. The van der Waals surface area contributed by atoms with Gasteiger partial charge in [0.25, 0.3) is 0 Å². The molecule has 0 radical (unpaired) electrons. The first-order chi connectivity index (χ1) is 11.2. The number of fused-ring (bicyclic) bond motifs is 6. The van der Waals surface area contributed by atoms with Crippen molar-refractivity contribution in [3.05, 3.63) is 35.4 Å². The standard InChI is InChI=1S/C17H25NO5/c1-11-5-2-3-6-12(11)9-18-10-13-16-14(19)15(20)17(23-13)22-8-4-7-21-16/h2-3,5-6,13-20H,4,7-10H2,1H3. The smallest absolute Gasteiger partial charge is 0.186 e. The molecule has 0 aromatic heterocycles. The molecular formula is C17H25NO5. The van der Waals surface area contributed by atoms with Crippen molar-refractivity contribution in [3.63, 3.8) is 0 Å². The van der Waals surface area contributed by atoms with Crippen LogP contribution in [0.15, 0.2) is 24.3 Å². The van der Waals surface area contributed by atoms with Gasteiger partial charge in [-0.05, 0) is 24.5 Å². The minimum atomic E-state index is -1.08. The SMILES string of the molecule is Cc1ccccc1CNCC1OC2OCCCOC1C(O)C2O. The van der Waals surface area contributed by atoms with Crippen LogP contribution in [0.3, 0.4) is 0 Å². The number of benzene rings is 1. The normalized spacial score (nSPS) is 34.7. The highest BCUT2D eigenvalue weighted by atomic mass is 16.7. The summed E-state index contributed by atoms with van der Waals surface area (Å²) in [7, 11) is 0. The van der Waals surface area contributed by atoms with Gasteiger partial charge in [0.2, 0.25) is 0 Å². The molecule has 5 atom stereocenters. The van der Waals surface area contributed by atoms with Crippen LogP contribution in [-0.4, -0.2) is 60.7 Å². The van der Waals surface area contributed by atoms with E-state index in [1.165, 1.54) is 11.1 Å². The number of aliphatic hydroxyl groups is 2. The molecule has 0 saturated carbocycles. The third-order valence-corrected chi connectivity index (χ3v) is 4.44. The third-order valence-electron chi connectivity index (χ3n) is 4.44. The summed E-state index contributed by atoms with van der Waals surface area (Å²) in [6.45, 7) is 4.24. The van der Waals surface area contributed by atoms with Gasteiger partial charge in [0.05, 0.1) is 6.61 Å². The maximum absolute atomic E-state index is 10.3. The van der Waals surface area contributed by atoms with Gasteiger partial charge in [0, 0.05) is 19.7 Å². The average Bonchev–Trinajstić information content (AvgIpc) is 2.68. The predicted octanol–water partition coefficient (Wildman–Crippen LogP) is 0.337. The minimum absolute atomic E-state index is 0.361. The zero-order valence-corrected chi connectivity index (χ0v) is 13.4. The van der Waals surface area contributed by atoms with Crippen molar-refractivity contribution in [1.82, 2.24) is 5.32 Å². The zero-order chi connectivity index (χ0) is 16.2. The number of rotatable bonds is 4. The van der Waals surface area contributed by atoms with Gasteiger partial charge in [0.15, 0.2) is 6.29 Å². The van der Waals surface area contributed by atoms with Gasteiger partial charge in [-0.1, -0.05) is 24.3 Å². The Kier molecular flexibility index (Phi) is 5.63. The van der Waals surface area contributed by atoms with E-state index in [9.17, 15) is 10.2 Å². The van der Waals surface area contributed by atoms with Crippen LogP contribution in [0.4, 0.5) is 0 Å². The first-order valence-corrected chi connectivity index (χ1v) is 8.17. The van der Waals surface area contributed by atoms with Gasteiger partial charge in [0.1, 0.15) is 24.4 Å². The molecule has 23 heavy (non-hydrogen) atoms. The Morgan fingerprint density at radius 3 is 2.74 bits per heavy atom. The molecule has 1 aromatic rings. The van der Waals surface area contributed by atoms with E-state index < -0.39 is 24.6 Å². The van der Waals surface area contributed by atoms with Crippen molar-refractivity contribution in [1.29, 1.82) is 0 Å². The number of nitrogens with one attached hydrogen (secondary N) is 1. The monoisotopic (exact) mass is 323 g/mol. The molecule has 128 valence electrons. The maximum Gasteiger partial charge on any atom is 0.186 e. The van der Waals surface area contributed by atoms with Gasteiger partial charge in [-0.25, -0.2) is 0 Å². The van der Waals surface area contributed by atoms with E-state index in [4.69, 9.17) is 14.2 Å². The lowest BCUT2D eigenvalue weighted by Gasteiger charge is -2.41. The van der Waals surface area contributed by atoms with Crippen LogP contribution in [0.2, 0.25) is 0 Å². The number of hydrogen-bond donors (Lipinski definition) is 3. The molecule has 5 unspecified atom stereocenters. The van der Waals surface area contributed by atoms with Gasteiger partial charge in [-0.2, -0.15) is 0 Å². The summed E-state index contributed by atoms with van der Waals surface area (Å²) in [5.41, 5.74) is 2.45. The van der Waals surface area contributed by atoms with E-state index in [2.05, 4.69) is 24.4 Å². The van der Waals surface area contributed by atoms with E-state index >= 15 is 0 Å². The molecule has 3 N–H and O–H groups in total. The van der Waals surface area contributed by atoms with Crippen molar-refractivity contribution < 1.29 is 24.4 Å². The molecule has 3 fully saturated rings. The third kappa shape index (κ3) is 3.91. The summed E-state index contributed by atoms with van der Waals surface area (Å²) < 4.78 is 17.0. The summed E-state index contributed by atoms with van der Waals surface area (Å²) in [6, 6.07) is 8.19. The molecule has 4 rings (SSSR count). The number of aliphatic hydroxyl groups excluding tert-OH is 2. The van der Waals surface area contributed by atoms with Gasteiger partial charge in [-0.3, -0.25) is 0 Å². The van der Waals surface area contributed by atoms with Crippen LogP contribution in [-0.2, 0) is 20.8 Å². The van der Waals surface area contributed by atoms with E-state index in [1.54, 1.807) is 0 Å². The molecule has 6 nitrogen and oxygen atoms in total. The lowest BCUT2D eigenvalue weighted by molar-refractivity contribution is -0.292. The Hall–Kier alpha value is -1.02. The Morgan fingerprint density at radius 1 is 1.13 bits per heavy atom. The number of ether oxygens (including phenoxy) is 3. The molecule has 0 aliphatic carbocycles. The van der Waals surface area contributed by atoms with Crippen LogP contribution in [0.25, 0.3) is 0 Å². The molecule has 3 heterocycles. The van der Waals surface area contributed by atoms with E-state index in [-0.39, 0.29) is 6.10 Å². The molecule has 3 saturated heterocycles. The maximum atomic E-state index is 10.3. The lowest BCUT2D eigenvalue weighted by atomic mass is 9.98. The lowest BCUT2D eigenvalue weighted by Crippen LogP contribution is -2.60. The van der Waals surface area contributed by atoms with Crippen LogP contribution in [0, 0.1) is 6.92 Å². The largest absolute Gasteiger partial charge is 0.387 e. The van der Waals surface area contributed by atoms with Crippen molar-refractivity contribution in [2.45, 2.75) is 50.6 Å². The fourth-order valence-electron chi connectivity index (χ4n) is 3.05. The summed E-state index contributed by atoms with van der Waals surface area (Å²) in [5.74, 6) is 0. The van der Waals surface area contributed by atoms with Crippen molar-refractivity contribution in [3.8, 4) is 0 Å². The van der Waals surface area contributed by atoms with Crippen LogP contribution in [0.1, 0.15) is 17.5 Å². The topological polar surface area (TPSA) is 80.2 Å². The van der Waals surface area contributed by atoms with Crippen molar-refractivity contribution >= 4 is 0 Å². The Morgan fingerprint density at radius 2 is 1.91 bits per heavy atom. The second-order valence-electron chi connectivity index (χ2n) is 6.14. The van der Waals surface area contributed by atoms with Crippen LogP contribution < -0.4 is 5.32 Å². The quantitative estimate of drug-likeness (QED) is 0.741. The fourth-order valence-corrected chi connectivity index (χ4v) is 3.05. The molecule has 3 aliphatic heterocycles. The van der Waals surface area contributed by atoms with E-state index in [1.807, 2.05) is 12.1 Å². The number of aryl methyl sites for hydroxylation is 1. The van der Waals surface area contributed by atoms with Gasteiger partial charge < -0.3 is 29.7 Å². The van der Waals surface area contributed by atoms with Crippen molar-refractivity contribution in [2.24, 2.45) is 0 Å². The summed E-state index contributed by atoms with van der Waals surface area (Å²) >= 11 is 0. The highest BCUT2D eigenvalue weighted by Crippen LogP contribution is 2.26. The first kappa shape index (κ1) is 16.8. The highest BCUT2D eigenvalue weighted by Gasteiger charge is 2.46. The molecule has 6 heteroatoms. The van der Waals surface area contributed by atoms with E-state index in [0.717, 1.165) is 6.42 Å². The van der Waals surface area contributed by atoms with Gasteiger partial charge in [-0.15, -0.1) is 0 Å². The fraction of sp³-hybridized carbons (Fsp3) is 0.647. The molecule has 2 bridgehead atoms. The summed E-state index contributed by atoms with van der Waals surface area (Å²) in [4.78, 5) is 0. The summed E-state index contributed by atoms with van der Waals surface area (Å²) in [6.07, 6.45) is -3.07. The minimum Gasteiger partial charge on any atom is -0.387 e. The zero-order valence-electron chi connectivity index (χ0n) is 13.4. The average molecular weight is 323 g/mol. The second kappa shape index (κ2) is 7.70. The molecule has 0 amide bonds. The van der Waals surface area contributed by atoms with Crippen LogP contribution in [0.5, 0.6) is 0 Å². The number of hydrogen-bond acceptors (Lipinski definition) is 6. The molecule has 3 aliphatic rings. The predicted molar refractivity (Wildman–Crippen MR) is 83.9 cm³/mol. The van der Waals surface area contributed by atoms with Crippen molar-refractivity contribution in [2.75, 3.05) is 19.8 Å². The molecular weight excluding hydrogens is 298 g/mol. The second-order valence-corrected chi connectivity index (χ2v) is 6.14. The Balaban J connectivity index is 1.61.